The summed E-state index contributed by atoms with van der Waals surface area (Å²) < 4.78 is 42.4. The molecule has 7 heteroatoms. The quantitative estimate of drug-likeness (QED) is 0.378. The molecular formula is C14H21F3O4. The van der Waals surface area contributed by atoms with E-state index in [-0.39, 0.29) is 6.42 Å². The van der Waals surface area contributed by atoms with Crippen molar-refractivity contribution in [3.05, 3.63) is 12.2 Å². The number of ether oxygens (including phenoxy) is 1. The minimum absolute atomic E-state index is 0.303. The van der Waals surface area contributed by atoms with E-state index in [1.807, 2.05) is 6.92 Å². The Balaban J connectivity index is 4.22. The molecule has 21 heavy (non-hydrogen) atoms. The summed E-state index contributed by atoms with van der Waals surface area (Å²) >= 11 is 0. The molecule has 0 saturated heterocycles. The highest BCUT2D eigenvalue weighted by Crippen LogP contribution is 2.27. The predicted molar refractivity (Wildman–Crippen MR) is 70.7 cm³/mol. The highest BCUT2D eigenvalue weighted by molar-refractivity contribution is 5.90. The normalized spacial score (nSPS) is 13.3. The van der Waals surface area contributed by atoms with Crippen molar-refractivity contribution in [1.82, 2.24) is 0 Å². The molecule has 0 amide bonds. The summed E-state index contributed by atoms with van der Waals surface area (Å²) in [6, 6.07) is 0. The molecule has 0 radical (unpaired) electrons. The number of alkyl halides is 3. The molecule has 0 aromatic rings. The average Bonchev–Trinajstić information content (AvgIpc) is 2.37. The van der Waals surface area contributed by atoms with Crippen LogP contribution in [-0.2, 0) is 14.3 Å². The number of carbonyl (C=O) groups is 2. The van der Waals surface area contributed by atoms with Crippen molar-refractivity contribution in [2.45, 2.75) is 64.1 Å². The fourth-order valence-electron chi connectivity index (χ4n) is 1.72. The van der Waals surface area contributed by atoms with Crippen molar-refractivity contribution in [3.8, 4) is 0 Å². The van der Waals surface area contributed by atoms with Crippen LogP contribution in [0.1, 0.15) is 51.9 Å². The molecule has 0 aromatic carbocycles. The van der Waals surface area contributed by atoms with E-state index in [2.05, 4.69) is 4.74 Å². The topological polar surface area (TPSA) is 63.6 Å². The summed E-state index contributed by atoms with van der Waals surface area (Å²) in [4.78, 5) is 21.3. The smallest absolute Gasteiger partial charge is 0.425 e. The van der Waals surface area contributed by atoms with Gasteiger partial charge in [-0.15, -0.1) is 0 Å². The van der Waals surface area contributed by atoms with Crippen LogP contribution in [0.2, 0.25) is 0 Å². The zero-order valence-electron chi connectivity index (χ0n) is 12.0. The number of halogens is 3. The maximum Gasteiger partial charge on any atom is 0.425 e. The van der Waals surface area contributed by atoms with E-state index < -0.39 is 24.2 Å². The van der Waals surface area contributed by atoms with Crippen molar-refractivity contribution in [2.24, 2.45) is 0 Å². The van der Waals surface area contributed by atoms with Gasteiger partial charge in [0.15, 0.2) is 6.10 Å². The molecule has 0 aliphatic carbocycles. The number of aliphatic carboxylic acids is 1. The van der Waals surface area contributed by atoms with E-state index in [0.717, 1.165) is 25.7 Å². The molecule has 0 heterocycles. The van der Waals surface area contributed by atoms with E-state index >= 15 is 0 Å². The van der Waals surface area contributed by atoms with Crippen LogP contribution in [0, 0.1) is 0 Å². The third-order valence-electron chi connectivity index (χ3n) is 2.81. The molecule has 0 fully saturated rings. The van der Waals surface area contributed by atoms with Gasteiger partial charge in [-0.1, -0.05) is 39.0 Å². The van der Waals surface area contributed by atoms with E-state index in [0.29, 0.717) is 25.0 Å². The summed E-state index contributed by atoms with van der Waals surface area (Å²) in [5.41, 5.74) is 0. The third kappa shape index (κ3) is 10.9. The lowest BCUT2D eigenvalue weighted by Gasteiger charge is -2.19. The first kappa shape index (κ1) is 19.5. The van der Waals surface area contributed by atoms with E-state index in [9.17, 15) is 22.8 Å². The largest absolute Gasteiger partial charge is 0.478 e. The summed E-state index contributed by atoms with van der Waals surface area (Å²) in [5.74, 6) is -2.72. The zero-order valence-corrected chi connectivity index (χ0v) is 12.0. The summed E-state index contributed by atoms with van der Waals surface area (Å²) in [5, 5.41) is 8.28. The van der Waals surface area contributed by atoms with Crippen LogP contribution < -0.4 is 0 Å². The second-order valence-electron chi connectivity index (χ2n) is 4.70. The van der Waals surface area contributed by atoms with Crippen LogP contribution in [0.25, 0.3) is 0 Å². The number of hydrogen-bond donors (Lipinski definition) is 1. The van der Waals surface area contributed by atoms with Gasteiger partial charge in [-0.05, 0) is 12.8 Å². The lowest BCUT2D eigenvalue weighted by atomic mass is 10.1. The molecule has 0 aliphatic heterocycles. The molecule has 1 N–H and O–H groups in total. The lowest BCUT2D eigenvalue weighted by molar-refractivity contribution is -0.220. The first-order valence-electron chi connectivity index (χ1n) is 6.95. The Kier molecular flexibility index (Phi) is 9.49. The summed E-state index contributed by atoms with van der Waals surface area (Å²) in [6.07, 6.45) is -1.31. The van der Waals surface area contributed by atoms with Gasteiger partial charge in [-0.25, -0.2) is 9.59 Å². The maximum atomic E-state index is 12.7. The Morgan fingerprint density at radius 2 is 1.67 bits per heavy atom. The van der Waals surface area contributed by atoms with Crippen LogP contribution in [0.15, 0.2) is 12.2 Å². The van der Waals surface area contributed by atoms with Crippen LogP contribution >= 0.6 is 0 Å². The molecule has 0 saturated carbocycles. The van der Waals surface area contributed by atoms with Gasteiger partial charge in [0.05, 0.1) is 0 Å². The molecule has 4 nitrogen and oxygen atoms in total. The third-order valence-corrected chi connectivity index (χ3v) is 2.81. The van der Waals surface area contributed by atoms with Gasteiger partial charge >= 0.3 is 18.1 Å². The Morgan fingerprint density at radius 3 is 2.19 bits per heavy atom. The van der Waals surface area contributed by atoms with Gasteiger partial charge in [-0.3, -0.25) is 0 Å². The molecule has 0 rings (SSSR count). The fourth-order valence-corrected chi connectivity index (χ4v) is 1.72. The number of hydrogen-bond acceptors (Lipinski definition) is 3. The van der Waals surface area contributed by atoms with Crippen LogP contribution in [0.3, 0.4) is 0 Å². The molecule has 1 atom stereocenters. The highest BCUT2D eigenvalue weighted by atomic mass is 19.4. The van der Waals surface area contributed by atoms with Crippen LogP contribution in [0.4, 0.5) is 13.2 Å². The monoisotopic (exact) mass is 310 g/mol. The highest BCUT2D eigenvalue weighted by Gasteiger charge is 2.41. The van der Waals surface area contributed by atoms with Crippen LogP contribution in [-0.4, -0.2) is 29.3 Å². The van der Waals surface area contributed by atoms with Crippen molar-refractivity contribution in [3.63, 3.8) is 0 Å². The first-order valence-corrected chi connectivity index (χ1v) is 6.95. The first-order chi connectivity index (χ1) is 9.77. The van der Waals surface area contributed by atoms with Gasteiger partial charge in [0.1, 0.15) is 0 Å². The molecule has 0 aromatic heterocycles. The minimum atomic E-state index is -4.64. The number of carboxylic acid groups (broad SMARTS) is 1. The molecule has 0 bridgehead atoms. The van der Waals surface area contributed by atoms with Crippen molar-refractivity contribution >= 4 is 11.9 Å². The van der Waals surface area contributed by atoms with Crippen molar-refractivity contribution in [2.75, 3.05) is 0 Å². The lowest BCUT2D eigenvalue weighted by Crippen LogP contribution is -2.33. The number of carbonyl (C=O) groups excluding carboxylic acids is 1. The predicted octanol–water partition coefficient (Wildman–Crippen LogP) is 3.85. The Labute approximate surface area is 122 Å². The van der Waals surface area contributed by atoms with Crippen LogP contribution in [0.5, 0.6) is 0 Å². The van der Waals surface area contributed by atoms with Gasteiger partial charge < -0.3 is 9.84 Å². The fraction of sp³-hybridized carbons (Fsp3) is 0.714. The van der Waals surface area contributed by atoms with Gasteiger partial charge in [0.25, 0.3) is 0 Å². The molecular weight excluding hydrogens is 289 g/mol. The van der Waals surface area contributed by atoms with Gasteiger partial charge in [0, 0.05) is 12.2 Å². The van der Waals surface area contributed by atoms with E-state index in [4.69, 9.17) is 5.11 Å². The molecule has 0 aliphatic rings. The number of carboxylic acids is 1. The number of esters is 1. The van der Waals surface area contributed by atoms with E-state index in [1.54, 1.807) is 0 Å². The van der Waals surface area contributed by atoms with Gasteiger partial charge in [0.2, 0.25) is 0 Å². The van der Waals surface area contributed by atoms with Crippen molar-refractivity contribution in [1.29, 1.82) is 0 Å². The average molecular weight is 310 g/mol. The molecule has 1 unspecified atom stereocenters. The Morgan fingerprint density at radius 1 is 1.10 bits per heavy atom. The second-order valence-corrected chi connectivity index (χ2v) is 4.70. The Bertz CT molecular complexity index is 351. The number of unbranched alkanes of at least 4 members (excludes halogenated alkanes) is 5. The number of rotatable bonds is 10. The van der Waals surface area contributed by atoms with Gasteiger partial charge in [-0.2, -0.15) is 13.2 Å². The standard InChI is InChI=1S/C14H21F3O4/c1-2-3-4-5-6-7-8-11(14(15,16)17)21-13(20)10-9-12(18)19/h9-11H,2-8H2,1H3,(H,18,19). The minimum Gasteiger partial charge on any atom is -0.478 e. The summed E-state index contributed by atoms with van der Waals surface area (Å²) in [7, 11) is 0. The molecule has 122 valence electrons. The zero-order chi connectivity index (χ0) is 16.3. The Hall–Kier alpha value is -1.53. The maximum absolute atomic E-state index is 12.7. The summed E-state index contributed by atoms with van der Waals surface area (Å²) in [6.45, 7) is 2.05. The molecule has 0 spiro atoms. The SMILES string of the molecule is CCCCCCCCC(OC(=O)C=CC(=O)O)C(F)(F)F. The second kappa shape index (κ2) is 10.2. The van der Waals surface area contributed by atoms with E-state index in [1.165, 1.54) is 0 Å². The van der Waals surface area contributed by atoms with Crippen molar-refractivity contribution < 1.29 is 32.6 Å².